The molecule has 0 radical (unpaired) electrons. The lowest BCUT2D eigenvalue weighted by Gasteiger charge is -2.27. The molecular formula is C25H24N2O4. The molecule has 0 saturated heterocycles. The Morgan fingerprint density at radius 1 is 0.871 bits per heavy atom. The van der Waals surface area contributed by atoms with E-state index in [1.807, 2.05) is 60.7 Å². The van der Waals surface area contributed by atoms with E-state index < -0.39 is 6.04 Å². The van der Waals surface area contributed by atoms with E-state index in [1.54, 1.807) is 24.3 Å². The molecule has 2 N–H and O–H groups in total. The van der Waals surface area contributed by atoms with Gasteiger partial charge >= 0.3 is 0 Å². The molecule has 0 unspecified atom stereocenters. The van der Waals surface area contributed by atoms with Crippen molar-refractivity contribution in [3.63, 3.8) is 0 Å². The summed E-state index contributed by atoms with van der Waals surface area (Å²) in [6.07, 6.45) is 0.0804. The van der Waals surface area contributed by atoms with Crippen LogP contribution in [0.25, 0.3) is 0 Å². The van der Waals surface area contributed by atoms with Gasteiger partial charge in [0.25, 0.3) is 5.91 Å². The molecule has 1 heterocycles. The van der Waals surface area contributed by atoms with Crippen LogP contribution in [-0.2, 0) is 11.2 Å². The summed E-state index contributed by atoms with van der Waals surface area (Å²) >= 11 is 0. The average molecular weight is 416 g/mol. The predicted octanol–water partition coefficient (Wildman–Crippen LogP) is 2.98. The van der Waals surface area contributed by atoms with Gasteiger partial charge in [-0.2, -0.15) is 0 Å². The van der Waals surface area contributed by atoms with Crippen LogP contribution in [-0.4, -0.2) is 37.1 Å². The first kappa shape index (κ1) is 20.5. The molecule has 0 saturated carbocycles. The van der Waals surface area contributed by atoms with E-state index in [0.29, 0.717) is 30.1 Å². The topological polar surface area (TPSA) is 76.7 Å². The smallest absolute Gasteiger partial charge is 0.251 e. The number of carbonyl (C=O) groups is 2. The first-order chi connectivity index (χ1) is 15.2. The molecule has 2 amide bonds. The lowest BCUT2D eigenvalue weighted by molar-refractivity contribution is -0.123. The second-order valence-electron chi connectivity index (χ2n) is 7.32. The Hall–Kier alpha value is -3.80. The van der Waals surface area contributed by atoms with Crippen LogP contribution in [0.5, 0.6) is 11.5 Å². The van der Waals surface area contributed by atoms with Gasteiger partial charge in [-0.15, -0.1) is 0 Å². The molecule has 6 nitrogen and oxygen atoms in total. The van der Waals surface area contributed by atoms with Crippen LogP contribution in [0.1, 0.15) is 15.9 Å². The zero-order valence-corrected chi connectivity index (χ0v) is 17.0. The summed E-state index contributed by atoms with van der Waals surface area (Å²) in [5, 5.41) is 5.76. The molecule has 0 aromatic heterocycles. The largest absolute Gasteiger partial charge is 0.486 e. The Bertz CT molecular complexity index is 1020. The van der Waals surface area contributed by atoms with E-state index in [4.69, 9.17) is 9.47 Å². The zero-order valence-electron chi connectivity index (χ0n) is 17.0. The van der Waals surface area contributed by atoms with Gasteiger partial charge < -0.3 is 20.1 Å². The van der Waals surface area contributed by atoms with Gasteiger partial charge in [-0.3, -0.25) is 9.59 Å². The number of nitrogens with one attached hydrogen (secondary N) is 2. The molecule has 1 aliphatic rings. The third-order valence-corrected chi connectivity index (χ3v) is 5.01. The number of benzene rings is 3. The molecule has 6 heteroatoms. The molecule has 31 heavy (non-hydrogen) atoms. The molecule has 0 spiro atoms. The van der Waals surface area contributed by atoms with E-state index in [2.05, 4.69) is 10.6 Å². The minimum atomic E-state index is -0.716. The van der Waals surface area contributed by atoms with Crippen molar-refractivity contribution in [2.24, 2.45) is 0 Å². The highest BCUT2D eigenvalue weighted by Gasteiger charge is 2.25. The highest BCUT2D eigenvalue weighted by molar-refractivity contribution is 5.97. The summed E-state index contributed by atoms with van der Waals surface area (Å²) < 4.78 is 11.6. The molecular weight excluding hydrogens is 392 g/mol. The quantitative estimate of drug-likeness (QED) is 0.621. The van der Waals surface area contributed by atoms with Crippen LogP contribution >= 0.6 is 0 Å². The Labute approximate surface area is 181 Å². The van der Waals surface area contributed by atoms with E-state index in [9.17, 15) is 9.59 Å². The summed E-state index contributed by atoms with van der Waals surface area (Å²) in [6.45, 7) is 0.622. The van der Waals surface area contributed by atoms with Crippen molar-refractivity contribution in [1.29, 1.82) is 0 Å². The van der Waals surface area contributed by atoms with Crippen molar-refractivity contribution in [3.8, 4) is 11.5 Å². The van der Waals surface area contributed by atoms with Gasteiger partial charge in [-0.1, -0.05) is 60.7 Å². The van der Waals surface area contributed by atoms with E-state index in [1.165, 1.54) is 0 Å². The number of rotatable bonds is 7. The highest BCUT2D eigenvalue weighted by atomic mass is 16.6. The number of hydrogen-bond donors (Lipinski definition) is 2. The summed E-state index contributed by atoms with van der Waals surface area (Å²) in [6, 6.07) is 25.2. The Morgan fingerprint density at radius 2 is 1.52 bits per heavy atom. The average Bonchev–Trinajstić information content (AvgIpc) is 2.83. The van der Waals surface area contributed by atoms with Gasteiger partial charge in [0.2, 0.25) is 5.91 Å². The standard InChI is InChI=1S/C25H24N2O4/c28-24(19-11-5-2-6-12-19)27-21(15-18-9-3-1-4-10-18)25(29)26-16-20-17-30-22-13-7-8-14-23(22)31-20/h1-14,20-21H,15-17H2,(H,26,29)(H,27,28)/t20-,21-/m0/s1. The fourth-order valence-electron chi connectivity index (χ4n) is 3.39. The van der Waals surface area contributed by atoms with Crippen molar-refractivity contribution >= 4 is 11.8 Å². The summed E-state index contributed by atoms with van der Waals surface area (Å²) in [5.41, 5.74) is 1.47. The van der Waals surface area contributed by atoms with Gasteiger partial charge in [0.1, 0.15) is 18.8 Å². The van der Waals surface area contributed by atoms with Crippen molar-refractivity contribution in [2.75, 3.05) is 13.2 Å². The second-order valence-corrected chi connectivity index (χ2v) is 7.32. The van der Waals surface area contributed by atoms with Crippen LogP contribution in [0.2, 0.25) is 0 Å². The summed E-state index contributed by atoms with van der Waals surface area (Å²) in [7, 11) is 0. The number of para-hydroxylation sites is 2. The maximum absolute atomic E-state index is 13.0. The molecule has 2 atom stereocenters. The van der Waals surface area contributed by atoms with E-state index in [0.717, 1.165) is 5.56 Å². The van der Waals surface area contributed by atoms with Crippen LogP contribution in [0.4, 0.5) is 0 Å². The number of ether oxygens (including phenoxy) is 2. The Balaban J connectivity index is 1.40. The van der Waals surface area contributed by atoms with Crippen LogP contribution in [0, 0.1) is 0 Å². The molecule has 0 fully saturated rings. The fourth-order valence-corrected chi connectivity index (χ4v) is 3.39. The molecule has 158 valence electrons. The minimum Gasteiger partial charge on any atom is -0.486 e. The monoisotopic (exact) mass is 416 g/mol. The van der Waals surface area contributed by atoms with E-state index in [-0.39, 0.29) is 24.5 Å². The molecule has 0 bridgehead atoms. The lowest BCUT2D eigenvalue weighted by atomic mass is 10.0. The lowest BCUT2D eigenvalue weighted by Crippen LogP contribution is -2.51. The molecule has 3 aromatic carbocycles. The van der Waals surface area contributed by atoms with Gasteiger partial charge in [0.05, 0.1) is 6.54 Å². The van der Waals surface area contributed by atoms with E-state index >= 15 is 0 Å². The first-order valence-corrected chi connectivity index (χ1v) is 10.2. The van der Waals surface area contributed by atoms with Crippen molar-refractivity contribution in [3.05, 3.63) is 96.1 Å². The predicted molar refractivity (Wildman–Crippen MR) is 117 cm³/mol. The van der Waals surface area contributed by atoms with Gasteiger partial charge in [-0.25, -0.2) is 0 Å². The fraction of sp³-hybridized carbons (Fsp3) is 0.200. The van der Waals surface area contributed by atoms with Gasteiger partial charge in [-0.05, 0) is 29.8 Å². The highest BCUT2D eigenvalue weighted by Crippen LogP contribution is 2.30. The van der Waals surface area contributed by atoms with Gasteiger partial charge in [0.15, 0.2) is 11.5 Å². The minimum absolute atomic E-state index is 0.268. The Kier molecular flexibility index (Phi) is 6.47. The van der Waals surface area contributed by atoms with Crippen molar-refractivity contribution < 1.29 is 19.1 Å². The summed E-state index contributed by atoms with van der Waals surface area (Å²) in [5.74, 6) is 0.798. The van der Waals surface area contributed by atoms with Crippen LogP contribution in [0.3, 0.4) is 0 Å². The number of hydrogen-bond acceptors (Lipinski definition) is 4. The molecule has 3 aromatic rings. The maximum Gasteiger partial charge on any atom is 0.251 e. The number of fused-ring (bicyclic) bond motifs is 1. The second kappa shape index (κ2) is 9.80. The zero-order chi connectivity index (χ0) is 21.5. The molecule has 4 rings (SSSR count). The third-order valence-electron chi connectivity index (χ3n) is 5.01. The van der Waals surface area contributed by atoms with Gasteiger partial charge in [0, 0.05) is 12.0 Å². The SMILES string of the molecule is O=C(N[C@@H](Cc1ccccc1)C(=O)NC[C@H]1COc2ccccc2O1)c1ccccc1. The Morgan fingerprint density at radius 3 is 2.26 bits per heavy atom. The third kappa shape index (κ3) is 5.42. The molecule has 1 aliphatic heterocycles. The van der Waals surface area contributed by atoms with Crippen LogP contribution in [0.15, 0.2) is 84.9 Å². The first-order valence-electron chi connectivity index (χ1n) is 10.2. The summed E-state index contributed by atoms with van der Waals surface area (Å²) in [4.78, 5) is 25.6. The van der Waals surface area contributed by atoms with Crippen molar-refractivity contribution in [1.82, 2.24) is 10.6 Å². The normalized spacial score (nSPS) is 15.5. The van der Waals surface area contributed by atoms with Crippen molar-refractivity contribution in [2.45, 2.75) is 18.6 Å². The molecule has 0 aliphatic carbocycles. The number of carbonyl (C=O) groups excluding carboxylic acids is 2. The maximum atomic E-state index is 13.0. The number of amides is 2. The van der Waals surface area contributed by atoms with Crippen LogP contribution < -0.4 is 20.1 Å².